The molecule has 0 aliphatic carbocycles. The highest BCUT2D eigenvalue weighted by Crippen LogP contribution is 2.31. The van der Waals surface area contributed by atoms with Crippen molar-refractivity contribution in [2.24, 2.45) is 5.92 Å². The third kappa shape index (κ3) is 2.95. The second kappa shape index (κ2) is 6.31. The summed E-state index contributed by atoms with van der Waals surface area (Å²) >= 11 is 0. The van der Waals surface area contributed by atoms with E-state index in [4.69, 9.17) is 5.11 Å². The normalized spacial score (nSPS) is 18.6. The summed E-state index contributed by atoms with van der Waals surface area (Å²) in [6.07, 6.45) is 0.0847. The molecule has 2 aromatic carbocycles. The Bertz CT molecular complexity index is 812. The van der Waals surface area contributed by atoms with Gasteiger partial charge in [-0.1, -0.05) is 36.4 Å². The first-order valence-electron chi connectivity index (χ1n) is 7.78. The molecule has 1 heterocycles. The summed E-state index contributed by atoms with van der Waals surface area (Å²) < 4.78 is 0. The molecular weight excluding hydrogens is 308 g/mol. The van der Waals surface area contributed by atoms with Crippen molar-refractivity contribution in [2.45, 2.75) is 19.4 Å². The summed E-state index contributed by atoms with van der Waals surface area (Å²) in [4.78, 5) is 37.0. The molecule has 2 aromatic rings. The van der Waals surface area contributed by atoms with Gasteiger partial charge in [0.15, 0.2) is 0 Å². The molecule has 2 amide bonds. The van der Waals surface area contributed by atoms with Gasteiger partial charge in [0, 0.05) is 18.4 Å². The molecule has 1 saturated heterocycles. The molecule has 0 spiro atoms. The summed E-state index contributed by atoms with van der Waals surface area (Å²) in [6.45, 7) is 1.66. The highest BCUT2D eigenvalue weighted by molar-refractivity contribution is 6.07. The van der Waals surface area contributed by atoms with Crippen LogP contribution in [-0.2, 0) is 14.4 Å². The third-order valence-electron chi connectivity index (χ3n) is 4.28. The van der Waals surface area contributed by atoms with E-state index in [-0.39, 0.29) is 18.9 Å². The number of amides is 2. The van der Waals surface area contributed by atoms with Gasteiger partial charge in [-0.15, -0.1) is 0 Å². The summed E-state index contributed by atoms with van der Waals surface area (Å²) in [5.74, 6) is -2.17. The van der Waals surface area contributed by atoms with Gasteiger partial charge < -0.3 is 15.3 Å². The van der Waals surface area contributed by atoms with Crippen molar-refractivity contribution >= 4 is 34.2 Å². The van der Waals surface area contributed by atoms with Crippen LogP contribution < -0.4 is 10.2 Å². The van der Waals surface area contributed by atoms with E-state index in [1.807, 2.05) is 42.5 Å². The Hall–Kier alpha value is -2.89. The van der Waals surface area contributed by atoms with Crippen molar-refractivity contribution < 1.29 is 19.5 Å². The molecule has 6 nitrogen and oxygen atoms in total. The molecule has 1 unspecified atom stereocenters. The van der Waals surface area contributed by atoms with Gasteiger partial charge in [0.05, 0.1) is 11.6 Å². The first-order valence-corrected chi connectivity index (χ1v) is 7.78. The van der Waals surface area contributed by atoms with E-state index in [1.54, 1.807) is 4.90 Å². The first kappa shape index (κ1) is 16.0. The Balaban J connectivity index is 1.82. The fourth-order valence-electron chi connectivity index (χ4n) is 2.95. The number of hydrogen-bond acceptors (Lipinski definition) is 3. The number of aliphatic carboxylic acids is 1. The van der Waals surface area contributed by atoms with Crippen LogP contribution in [0.1, 0.15) is 13.3 Å². The minimum atomic E-state index is -1.10. The zero-order valence-electron chi connectivity index (χ0n) is 13.2. The Morgan fingerprint density at radius 3 is 2.67 bits per heavy atom. The summed E-state index contributed by atoms with van der Waals surface area (Å²) in [5.41, 5.74) is 0.777. The lowest BCUT2D eigenvalue weighted by Crippen LogP contribution is -2.42. The maximum Gasteiger partial charge on any atom is 0.325 e. The van der Waals surface area contributed by atoms with Crippen molar-refractivity contribution in [3.63, 3.8) is 0 Å². The maximum absolute atomic E-state index is 12.4. The lowest BCUT2D eigenvalue weighted by atomic mass is 10.1. The number of nitrogens with zero attached hydrogens (tertiary/aromatic N) is 1. The summed E-state index contributed by atoms with van der Waals surface area (Å²) in [6, 6.07) is 12.5. The molecule has 2 atom stereocenters. The fourth-order valence-corrected chi connectivity index (χ4v) is 2.95. The standard InChI is InChI=1S/C18H18N2O4/c1-11(18(23)24)19-17(22)13-9-16(21)20(10-13)15-8-4-6-12-5-2-3-7-14(12)15/h2-8,11,13H,9-10H2,1H3,(H,19,22)(H,23,24)/t11-,13?/m0/s1. The van der Waals surface area contributed by atoms with Gasteiger partial charge in [0.25, 0.3) is 0 Å². The van der Waals surface area contributed by atoms with Gasteiger partial charge >= 0.3 is 5.97 Å². The van der Waals surface area contributed by atoms with Gasteiger partial charge in [0.1, 0.15) is 6.04 Å². The highest BCUT2D eigenvalue weighted by Gasteiger charge is 2.36. The van der Waals surface area contributed by atoms with Gasteiger partial charge in [-0.3, -0.25) is 14.4 Å². The van der Waals surface area contributed by atoms with Crippen molar-refractivity contribution in [3.8, 4) is 0 Å². The van der Waals surface area contributed by atoms with Crippen LogP contribution in [0.3, 0.4) is 0 Å². The smallest absolute Gasteiger partial charge is 0.325 e. The highest BCUT2D eigenvalue weighted by atomic mass is 16.4. The predicted molar refractivity (Wildman–Crippen MR) is 89.6 cm³/mol. The zero-order chi connectivity index (χ0) is 17.3. The number of nitrogens with one attached hydrogen (secondary N) is 1. The number of benzene rings is 2. The number of carbonyl (C=O) groups excluding carboxylic acids is 2. The number of carboxylic acids is 1. The Kier molecular flexibility index (Phi) is 4.20. The van der Waals surface area contributed by atoms with E-state index >= 15 is 0 Å². The third-order valence-corrected chi connectivity index (χ3v) is 4.28. The van der Waals surface area contributed by atoms with Crippen molar-refractivity contribution in [2.75, 3.05) is 11.4 Å². The molecule has 3 rings (SSSR count). The minimum Gasteiger partial charge on any atom is -0.480 e. The Labute approximate surface area is 139 Å². The number of hydrogen-bond donors (Lipinski definition) is 2. The van der Waals surface area contributed by atoms with Crippen LogP contribution in [0, 0.1) is 5.92 Å². The molecule has 24 heavy (non-hydrogen) atoms. The van der Waals surface area contributed by atoms with Crippen LogP contribution in [0.15, 0.2) is 42.5 Å². The predicted octanol–water partition coefficient (Wildman–Crippen LogP) is 1.78. The molecule has 1 aliphatic rings. The minimum absolute atomic E-state index is 0.0847. The van der Waals surface area contributed by atoms with E-state index in [0.717, 1.165) is 16.5 Å². The van der Waals surface area contributed by atoms with Gasteiger partial charge in [-0.25, -0.2) is 0 Å². The summed E-state index contributed by atoms with van der Waals surface area (Å²) in [5, 5.41) is 13.3. The molecule has 2 N–H and O–H groups in total. The lowest BCUT2D eigenvalue weighted by Gasteiger charge is -2.19. The SMILES string of the molecule is C[C@H](NC(=O)C1CC(=O)N(c2cccc3ccccc23)C1)C(=O)O. The second-order valence-corrected chi connectivity index (χ2v) is 5.97. The van der Waals surface area contributed by atoms with Crippen LogP contribution >= 0.6 is 0 Å². The van der Waals surface area contributed by atoms with Crippen molar-refractivity contribution in [1.29, 1.82) is 0 Å². The molecule has 0 saturated carbocycles. The fraction of sp³-hybridized carbons (Fsp3) is 0.278. The van der Waals surface area contributed by atoms with E-state index < -0.39 is 23.8 Å². The average molecular weight is 326 g/mol. The molecule has 0 aromatic heterocycles. The van der Waals surface area contributed by atoms with Crippen LogP contribution in [0.2, 0.25) is 0 Å². The first-order chi connectivity index (χ1) is 11.5. The topological polar surface area (TPSA) is 86.7 Å². The Morgan fingerprint density at radius 2 is 1.92 bits per heavy atom. The quantitative estimate of drug-likeness (QED) is 0.897. The van der Waals surface area contributed by atoms with Crippen LogP contribution in [-0.4, -0.2) is 35.5 Å². The largest absolute Gasteiger partial charge is 0.480 e. The second-order valence-electron chi connectivity index (χ2n) is 5.97. The number of rotatable bonds is 4. The summed E-state index contributed by atoms with van der Waals surface area (Å²) in [7, 11) is 0. The van der Waals surface area contributed by atoms with Crippen molar-refractivity contribution in [1.82, 2.24) is 5.32 Å². The molecule has 6 heteroatoms. The molecule has 1 aliphatic heterocycles. The van der Waals surface area contributed by atoms with E-state index in [2.05, 4.69) is 5.32 Å². The Morgan fingerprint density at radius 1 is 1.21 bits per heavy atom. The molecular formula is C18H18N2O4. The van der Waals surface area contributed by atoms with Gasteiger partial charge in [-0.2, -0.15) is 0 Å². The number of fused-ring (bicyclic) bond motifs is 1. The number of anilines is 1. The number of carbonyl (C=O) groups is 3. The number of carboxylic acid groups (broad SMARTS) is 1. The molecule has 0 bridgehead atoms. The van der Waals surface area contributed by atoms with Crippen LogP contribution in [0.25, 0.3) is 10.8 Å². The zero-order valence-corrected chi connectivity index (χ0v) is 13.2. The molecule has 1 fully saturated rings. The molecule has 124 valence electrons. The maximum atomic E-state index is 12.4. The van der Waals surface area contributed by atoms with E-state index in [0.29, 0.717) is 0 Å². The van der Waals surface area contributed by atoms with Crippen LogP contribution in [0.4, 0.5) is 5.69 Å². The van der Waals surface area contributed by atoms with Gasteiger partial charge in [-0.05, 0) is 18.4 Å². The van der Waals surface area contributed by atoms with E-state index in [9.17, 15) is 14.4 Å². The van der Waals surface area contributed by atoms with Gasteiger partial charge in [0.2, 0.25) is 11.8 Å². The lowest BCUT2D eigenvalue weighted by molar-refractivity contribution is -0.141. The van der Waals surface area contributed by atoms with E-state index in [1.165, 1.54) is 6.92 Å². The van der Waals surface area contributed by atoms with Crippen LogP contribution in [0.5, 0.6) is 0 Å². The molecule has 0 radical (unpaired) electrons. The monoisotopic (exact) mass is 326 g/mol. The average Bonchev–Trinajstić information content (AvgIpc) is 2.96. The van der Waals surface area contributed by atoms with Crippen molar-refractivity contribution in [3.05, 3.63) is 42.5 Å².